The number of carbonyl (C=O) groups is 2. The van der Waals surface area contributed by atoms with Crippen molar-refractivity contribution in [2.45, 2.75) is 50.8 Å². The summed E-state index contributed by atoms with van der Waals surface area (Å²) in [4.78, 5) is 26.7. The molecule has 8 heteroatoms. The third-order valence-electron chi connectivity index (χ3n) is 4.96. The highest BCUT2D eigenvalue weighted by Crippen LogP contribution is 2.38. The van der Waals surface area contributed by atoms with Crippen LogP contribution in [-0.4, -0.2) is 32.7 Å². The summed E-state index contributed by atoms with van der Waals surface area (Å²) in [5, 5.41) is 3.30. The summed E-state index contributed by atoms with van der Waals surface area (Å²) >= 11 is 1.42. The summed E-state index contributed by atoms with van der Waals surface area (Å²) in [7, 11) is -3.41. The fourth-order valence-corrected chi connectivity index (χ4v) is 5.62. The van der Waals surface area contributed by atoms with Gasteiger partial charge < -0.3 is 10.1 Å². The number of sulfone groups is 1. The molecule has 156 valence electrons. The lowest BCUT2D eigenvalue weighted by atomic mass is 10.1. The lowest BCUT2D eigenvalue weighted by Gasteiger charge is -2.09. The van der Waals surface area contributed by atoms with Crippen LogP contribution in [0.4, 0.5) is 5.00 Å². The smallest absolute Gasteiger partial charge is 0.341 e. The predicted octanol–water partition coefficient (Wildman–Crippen LogP) is 4.24. The first-order valence-corrected chi connectivity index (χ1v) is 12.3. The van der Waals surface area contributed by atoms with Gasteiger partial charge in [0.1, 0.15) is 5.00 Å². The number of ether oxygens (including phenoxy) is 1. The van der Waals surface area contributed by atoms with Crippen LogP contribution in [0.25, 0.3) is 0 Å². The minimum atomic E-state index is -3.41. The number of amides is 1. The molecule has 0 aliphatic heterocycles. The molecular formula is C21H25NO5S2. The van der Waals surface area contributed by atoms with Gasteiger partial charge in [-0.05, 0) is 56.4 Å². The predicted molar refractivity (Wildman–Crippen MR) is 114 cm³/mol. The van der Waals surface area contributed by atoms with Crippen molar-refractivity contribution in [1.82, 2.24) is 0 Å². The third kappa shape index (κ3) is 4.70. The minimum absolute atomic E-state index is 0.0390. The van der Waals surface area contributed by atoms with Crippen molar-refractivity contribution < 1.29 is 22.7 Å². The van der Waals surface area contributed by atoms with Crippen LogP contribution in [0, 0.1) is 0 Å². The highest BCUT2D eigenvalue weighted by molar-refractivity contribution is 7.91. The zero-order valence-electron chi connectivity index (χ0n) is 16.6. The van der Waals surface area contributed by atoms with Gasteiger partial charge in [-0.3, -0.25) is 4.79 Å². The molecule has 2 aromatic rings. The highest BCUT2D eigenvalue weighted by Gasteiger charge is 2.27. The maximum atomic E-state index is 12.8. The van der Waals surface area contributed by atoms with Gasteiger partial charge in [0.15, 0.2) is 9.84 Å². The molecule has 29 heavy (non-hydrogen) atoms. The van der Waals surface area contributed by atoms with E-state index in [1.807, 2.05) is 0 Å². The van der Waals surface area contributed by atoms with Crippen LogP contribution >= 0.6 is 11.3 Å². The molecule has 1 aromatic carbocycles. The molecule has 1 aromatic heterocycles. The van der Waals surface area contributed by atoms with E-state index < -0.39 is 21.7 Å². The lowest BCUT2D eigenvalue weighted by Crippen LogP contribution is -2.16. The molecule has 0 atom stereocenters. The number of hydrogen-bond acceptors (Lipinski definition) is 6. The Labute approximate surface area is 175 Å². The zero-order chi connectivity index (χ0) is 21.0. The lowest BCUT2D eigenvalue weighted by molar-refractivity contribution is 0.0527. The number of esters is 1. The van der Waals surface area contributed by atoms with Crippen molar-refractivity contribution in [2.24, 2.45) is 0 Å². The molecule has 0 saturated heterocycles. The van der Waals surface area contributed by atoms with Gasteiger partial charge in [0.2, 0.25) is 0 Å². The van der Waals surface area contributed by atoms with E-state index in [1.165, 1.54) is 23.5 Å². The Hall–Kier alpha value is -2.19. The van der Waals surface area contributed by atoms with Crippen LogP contribution in [0.2, 0.25) is 0 Å². The molecular weight excluding hydrogens is 410 g/mol. The van der Waals surface area contributed by atoms with Crippen molar-refractivity contribution in [3.05, 3.63) is 45.8 Å². The van der Waals surface area contributed by atoms with Crippen molar-refractivity contribution in [2.75, 3.05) is 17.7 Å². The van der Waals surface area contributed by atoms with Gasteiger partial charge in [-0.1, -0.05) is 19.4 Å². The quantitative estimate of drug-likeness (QED) is 0.541. The highest BCUT2D eigenvalue weighted by atomic mass is 32.2. The van der Waals surface area contributed by atoms with E-state index in [4.69, 9.17) is 4.74 Å². The molecule has 3 rings (SSSR count). The molecule has 1 N–H and O–H groups in total. The van der Waals surface area contributed by atoms with Gasteiger partial charge in [0.05, 0.1) is 22.8 Å². The van der Waals surface area contributed by atoms with Crippen molar-refractivity contribution in [3.63, 3.8) is 0 Å². The maximum Gasteiger partial charge on any atom is 0.341 e. The topological polar surface area (TPSA) is 89.5 Å². The first-order valence-electron chi connectivity index (χ1n) is 9.83. The molecule has 0 saturated carbocycles. The van der Waals surface area contributed by atoms with Crippen LogP contribution < -0.4 is 5.32 Å². The van der Waals surface area contributed by atoms with Gasteiger partial charge >= 0.3 is 5.97 Å². The van der Waals surface area contributed by atoms with E-state index in [9.17, 15) is 18.0 Å². The summed E-state index contributed by atoms with van der Waals surface area (Å²) in [6, 6.07) is 5.96. The Kier molecular flexibility index (Phi) is 6.74. The van der Waals surface area contributed by atoms with Crippen LogP contribution in [0.3, 0.4) is 0 Å². The summed E-state index contributed by atoms with van der Waals surface area (Å²) in [5.74, 6) is -0.910. The first-order chi connectivity index (χ1) is 13.9. The monoisotopic (exact) mass is 435 g/mol. The Morgan fingerprint density at radius 2 is 1.90 bits per heavy atom. The van der Waals surface area contributed by atoms with Gasteiger partial charge in [0.25, 0.3) is 5.91 Å². The van der Waals surface area contributed by atoms with Crippen LogP contribution in [-0.2, 0) is 27.4 Å². The number of thiophene rings is 1. The van der Waals surface area contributed by atoms with Crippen LogP contribution in [0.5, 0.6) is 0 Å². The molecule has 0 unspecified atom stereocenters. The summed E-state index contributed by atoms with van der Waals surface area (Å²) in [6.07, 6.45) is 4.84. The molecule has 1 aliphatic carbocycles. The molecule has 1 amide bonds. The number of carbonyl (C=O) groups excluding carboxylic acids is 2. The van der Waals surface area contributed by atoms with Crippen LogP contribution in [0.1, 0.15) is 64.3 Å². The zero-order valence-corrected chi connectivity index (χ0v) is 18.2. The average Bonchev–Trinajstić information content (AvgIpc) is 2.88. The molecule has 1 aliphatic rings. The Morgan fingerprint density at radius 1 is 1.14 bits per heavy atom. The second-order valence-electron chi connectivity index (χ2n) is 6.87. The van der Waals surface area contributed by atoms with Crippen molar-refractivity contribution in [1.29, 1.82) is 0 Å². The standard InChI is InChI=1S/C21H25NO5S2/c1-3-27-21(24)18-16-11-6-5-7-12-17(16)28-20(18)22-19(23)14-9-8-10-15(13-14)29(25,26)4-2/h8-10,13H,3-7,11-12H2,1-2H3,(H,22,23). The third-order valence-corrected chi connectivity index (χ3v) is 7.90. The number of nitrogens with one attached hydrogen (secondary N) is 1. The number of anilines is 1. The maximum absolute atomic E-state index is 12.8. The van der Waals surface area contributed by atoms with Crippen molar-refractivity contribution >= 4 is 38.1 Å². The van der Waals surface area contributed by atoms with E-state index in [0.717, 1.165) is 42.5 Å². The average molecular weight is 436 g/mol. The fourth-order valence-electron chi connectivity index (χ4n) is 3.42. The number of benzene rings is 1. The summed E-state index contributed by atoms with van der Waals surface area (Å²) in [5.41, 5.74) is 1.65. The van der Waals surface area contributed by atoms with E-state index in [-0.39, 0.29) is 22.8 Å². The van der Waals surface area contributed by atoms with E-state index in [0.29, 0.717) is 10.6 Å². The normalized spacial score (nSPS) is 14.0. The second-order valence-corrected chi connectivity index (χ2v) is 10.3. The summed E-state index contributed by atoms with van der Waals surface area (Å²) < 4.78 is 29.5. The Bertz CT molecular complexity index is 1020. The number of hydrogen-bond donors (Lipinski definition) is 1. The van der Waals surface area contributed by atoms with E-state index in [1.54, 1.807) is 26.0 Å². The number of aryl methyl sites for hydroxylation is 1. The SMILES string of the molecule is CCOC(=O)c1c(NC(=O)c2cccc(S(=O)(=O)CC)c2)sc2c1CCCCC2. The van der Waals surface area contributed by atoms with Gasteiger partial charge in [0, 0.05) is 10.4 Å². The van der Waals surface area contributed by atoms with Gasteiger partial charge in [-0.2, -0.15) is 0 Å². The Morgan fingerprint density at radius 3 is 2.62 bits per heavy atom. The van der Waals surface area contributed by atoms with Crippen LogP contribution in [0.15, 0.2) is 29.2 Å². The molecule has 6 nitrogen and oxygen atoms in total. The molecule has 1 heterocycles. The minimum Gasteiger partial charge on any atom is -0.462 e. The molecule has 0 spiro atoms. The molecule has 0 bridgehead atoms. The van der Waals surface area contributed by atoms with E-state index in [2.05, 4.69) is 5.32 Å². The number of fused-ring (bicyclic) bond motifs is 1. The summed E-state index contributed by atoms with van der Waals surface area (Å²) in [6.45, 7) is 3.57. The largest absolute Gasteiger partial charge is 0.462 e. The fraction of sp³-hybridized carbons (Fsp3) is 0.429. The van der Waals surface area contributed by atoms with Gasteiger partial charge in [-0.15, -0.1) is 11.3 Å². The van der Waals surface area contributed by atoms with Crippen molar-refractivity contribution in [3.8, 4) is 0 Å². The Balaban J connectivity index is 1.95. The molecule has 0 fully saturated rings. The first kappa shape index (κ1) is 21.5. The van der Waals surface area contributed by atoms with Gasteiger partial charge in [-0.25, -0.2) is 13.2 Å². The number of rotatable bonds is 6. The van der Waals surface area contributed by atoms with E-state index >= 15 is 0 Å². The molecule has 0 radical (unpaired) electrons. The second kappa shape index (κ2) is 9.09.